The minimum Gasteiger partial charge on any atom is -0.393 e. The van der Waals surface area contributed by atoms with Crippen molar-refractivity contribution in [1.29, 1.82) is 0 Å². The minimum absolute atomic E-state index is 0.0950. The van der Waals surface area contributed by atoms with Gasteiger partial charge in [-0.15, -0.1) is 0 Å². The van der Waals surface area contributed by atoms with E-state index in [1.54, 1.807) is 0 Å². The van der Waals surface area contributed by atoms with Crippen molar-refractivity contribution in [3.8, 4) is 0 Å². The Morgan fingerprint density at radius 3 is 2.88 bits per heavy atom. The molecule has 0 bridgehead atoms. The molecule has 3 nitrogen and oxygen atoms in total. The van der Waals surface area contributed by atoms with Crippen molar-refractivity contribution in [1.82, 2.24) is 9.80 Å². The number of likely N-dealkylation sites (tertiary alicyclic amines) is 1. The third kappa shape index (κ3) is 4.81. The van der Waals surface area contributed by atoms with Crippen molar-refractivity contribution in [2.75, 3.05) is 33.7 Å². The van der Waals surface area contributed by atoms with Gasteiger partial charge in [-0.1, -0.05) is 6.92 Å². The van der Waals surface area contributed by atoms with Gasteiger partial charge in [-0.25, -0.2) is 0 Å². The molecule has 1 heterocycles. The summed E-state index contributed by atoms with van der Waals surface area (Å²) in [4.78, 5) is 4.89. The molecule has 1 N–H and O–H groups in total. The van der Waals surface area contributed by atoms with Gasteiger partial charge in [-0.3, -0.25) is 0 Å². The van der Waals surface area contributed by atoms with Crippen molar-refractivity contribution in [3.05, 3.63) is 0 Å². The highest BCUT2D eigenvalue weighted by Gasteiger charge is 2.20. The summed E-state index contributed by atoms with van der Waals surface area (Å²) in [7, 11) is 4.43. The van der Waals surface area contributed by atoms with Crippen LogP contribution in [0.1, 0.15) is 39.0 Å². The highest BCUT2D eigenvalue weighted by atomic mass is 16.3. The lowest BCUT2D eigenvalue weighted by atomic mass is 10.0. The molecule has 16 heavy (non-hydrogen) atoms. The molecule has 1 fully saturated rings. The minimum atomic E-state index is -0.0950. The summed E-state index contributed by atoms with van der Waals surface area (Å²) >= 11 is 0. The smallest absolute Gasteiger partial charge is 0.0538 e. The van der Waals surface area contributed by atoms with Gasteiger partial charge >= 0.3 is 0 Å². The third-order valence-corrected chi connectivity index (χ3v) is 3.74. The maximum atomic E-state index is 9.50. The van der Waals surface area contributed by atoms with E-state index < -0.39 is 0 Å². The van der Waals surface area contributed by atoms with Crippen molar-refractivity contribution >= 4 is 0 Å². The average molecular weight is 228 g/mol. The van der Waals surface area contributed by atoms with Gasteiger partial charge in [-0.2, -0.15) is 0 Å². The molecular weight excluding hydrogens is 200 g/mol. The van der Waals surface area contributed by atoms with E-state index in [0.717, 1.165) is 31.8 Å². The van der Waals surface area contributed by atoms with Crippen LogP contribution in [-0.2, 0) is 0 Å². The Morgan fingerprint density at radius 2 is 2.25 bits per heavy atom. The van der Waals surface area contributed by atoms with Crippen LogP contribution in [0.2, 0.25) is 0 Å². The normalized spacial score (nSPS) is 24.9. The molecule has 0 saturated carbocycles. The molecule has 1 rings (SSSR count). The van der Waals surface area contributed by atoms with E-state index in [2.05, 4.69) is 23.9 Å². The molecule has 96 valence electrons. The second-order valence-corrected chi connectivity index (χ2v) is 5.24. The summed E-state index contributed by atoms with van der Waals surface area (Å²) in [5.74, 6) is 0. The van der Waals surface area contributed by atoms with Gasteiger partial charge in [0, 0.05) is 12.6 Å². The summed E-state index contributed by atoms with van der Waals surface area (Å²) in [5, 5.41) is 9.50. The van der Waals surface area contributed by atoms with Crippen molar-refractivity contribution in [3.63, 3.8) is 0 Å². The Balaban J connectivity index is 2.16. The predicted octanol–water partition coefficient (Wildman–Crippen LogP) is 1.56. The number of piperidine rings is 1. The number of hydrogen-bond acceptors (Lipinski definition) is 3. The van der Waals surface area contributed by atoms with Gasteiger partial charge < -0.3 is 14.9 Å². The van der Waals surface area contributed by atoms with Crippen molar-refractivity contribution in [2.24, 2.45) is 0 Å². The summed E-state index contributed by atoms with van der Waals surface area (Å²) < 4.78 is 0. The second-order valence-electron chi connectivity index (χ2n) is 5.24. The molecule has 0 aromatic carbocycles. The first-order valence-corrected chi connectivity index (χ1v) is 6.70. The van der Waals surface area contributed by atoms with Crippen LogP contribution in [0.15, 0.2) is 0 Å². The van der Waals surface area contributed by atoms with Gasteiger partial charge in [0.1, 0.15) is 0 Å². The lowest BCUT2D eigenvalue weighted by Gasteiger charge is -2.36. The molecule has 0 spiro atoms. The van der Waals surface area contributed by atoms with Crippen LogP contribution >= 0.6 is 0 Å². The maximum absolute atomic E-state index is 9.50. The summed E-state index contributed by atoms with van der Waals surface area (Å²) in [6.07, 6.45) is 5.51. The first kappa shape index (κ1) is 13.9. The van der Waals surface area contributed by atoms with Gasteiger partial charge in [0.2, 0.25) is 0 Å². The van der Waals surface area contributed by atoms with Crippen LogP contribution in [0.25, 0.3) is 0 Å². The van der Waals surface area contributed by atoms with Crippen LogP contribution in [0.3, 0.4) is 0 Å². The van der Waals surface area contributed by atoms with Crippen LogP contribution in [0.4, 0.5) is 0 Å². The topological polar surface area (TPSA) is 26.7 Å². The zero-order valence-electron chi connectivity index (χ0n) is 11.2. The summed E-state index contributed by atoms with van der Waals surface area (Å²) in [6, 6.07) is 0.720. The molecular formula is C13H28N2O. The monoisotopic (exact) mass is 228 g/mol. The van der Waals surface area contributed by atoms with E-state index in [-0.39, 0.29) is 6.10 Å². The number of likely N-dealkylation sites (N-methyl/N-ethyl adjacent to an activating group) is 2. The molecule has 3 heteroatoms. The fourth-order valence-corrected chi connectivity index (χ4v) is 2.46. The Kier molecular flexibility index (Phi) is 6.32. The Morgan fingerprint density at radius 1 is 1.50 bits per heavy atom. The van der Waals surface area contributed by atoms with E-state index in [9.17, 15) is 5.11 Å². The zero-order chi connectivity index (χ0) is 12.0. The van der Waals surface area contributed by atoms with E-state index in [0.29, 0.717) is 0 Å². The molecule has 0 aliphatic carbocycles. The van der Waals surface area contributed by atoms with E-state index in [4.69, 9.17) is 0 Å². The van der Waals surface area contributed by atoms with Crippen LogP contribution < -0.4 is 0 Å². The molecule has 0 aromatic heterocycles. The Hall–Kier alpha value is -0.120. The Bertz CT molecular complexity index is 187. The van der Waals surface area contributed by atoms with Crippen LogP contribution in [-0.4, -0.2) is 60.8 Å². The van der Waals surface area contributed by atoms with Crippen molar-refractivity contribution in [2.45, 2.75) is 51.2 Å². The number of rotatable bonds is 6. The number of aliphatic hydroxyl groups is 1. The van der Waals surface area contributed by atoms with Gasteiger partial charge in [0.25, 0.3) is 0 Å². The number of aliphatic hydroxyl groups excluding tert-OH is 1. The van der Waals surface area contributed by atoms with E-state index >= 15 is 0 Å². The standard InChI is InChI=1S/C13H28N2O/c1-4-13(16)8-6-10-15(3)12-7-5-9-14(2)11-12/h12-13,16H,4-11H2,1-3H3. The third-order valence-electron chi connectivity index (χ3n) is 3.74. The SMILES string of the molecule is CCC(O)CCCN(C)C1CCCN(C)C1. The number of hydrogen-bond donors (Lipinski definition) is 1. The van der Waals surface area contributed by atoms with E-state index in [1.807, 2.05) is 6.92 Å². The fraction of sp³-hybridized carbons (Fsp3) is 1.00. The van der Waals surface area contributed by atoms with Crippen LogP contribution in [0.5, 0.6) is 0 Å². The maximum Gasteiger partial charge on any atom is 0.0538 e. The second kappa shape index (κ2) is 7.25. The van der Waals surface area contributed by atoms with Gasteiger partial charge in [0.05, 0.1) is 6.10 Å². The molecule has 0 radical (unpaired) electrons. The largest absolute Gasteiger partial charge is 0.393 e. The van der Waals surface area contributed by atoms with Crippen molar-refractivity contribution < 1.29 is 5.11 Å². The summed E-state index contributed by atoms with van der Waals surface area (Å²) in [6.45, 7) is 5.62. The summed E-state index contributed by atoms with van der Waals surface area (Å²) in [5.41, 5.74) is 0. The highest BCUT2D eigenvalue weighted by molar-refractivity contribution is 4.77. The highest BCUT2D eigenvalue weighted by Crippen LogP contribution is 2.14. The molecule has 0 amide bonds. The molecule has 1 aliphatic rings. The first-order valence-electron chi connectivity index (χ1n) is 6.70. The quantitative estimate of drug-likeness (QED) is 0.747. The fourth-order valence-electron chi connectivity index (χ4n) is 2.46. The first-order chi connectivity index (χ1) is 7.63. The molecule has 2 atom stereocenters. The van der Waals surface area contributed by atoms with Crippen LogP contribution in [0, 0.1) is 0 Å². The average Bonchev–Trinajstić information content (AvgIpc) is 2.28. The van der Waals surface area contributed by atoms with Gasteiger partial charge in [0.15, 0.2) is 0 Å². The molecule has 2 unspecified atom stereocenters. The molecule has 0 aromatic rings. The predicted molar refractivity (Wildman–Crippen MR) is 68.7 cm³/mol. The lowest BCUT2D eigenvalue weighted by Crippen LogP contribution is -2.45. The molecule has 1 aliphatic heterocycles. The zero-order valence-corrected chi connectivity index (χ0v) is 11.2. The lowest BCUT2D eigenvalue weighted by molar-refractivity contribution is 0.119. The van der Waals surface area contributed by atoms with E-state index in [1.165, 1.54) is 25.9 Å². The van der Waals surface area contributed by atoms with Gasteiger partial charge in [-0.05, 0) is 59.3 Å². The molecule has 1 saturated heterocycles. The number of nitrogens with zero attached hydrogens (tertiary/aromatic N) is 2. The Labute approximate surface area is 100 Å².